The number of imidazole rings is 1. The molecule has 0 spiro atoms. The number of pyridine rings is 1. The van der Waals surface area contributed by atoms with Gasteiger partial charge in [-0.25, -0.2) is 4.98 Å². The lowest BCUT2D eigenvalue weighted by atomic mass is 9.79. The number of aromatic hydroxyl groups is 1. The van der Waals surface area contributed by atoms with Gasteiger partial charge in [-0.3, -0.25) is 9.55 Å². The molecule has 67 heavy (non-hydrogen) atoms. The van der Waals surface area contributed by atoms with Gasteiger partial charge in [0.2, 0.25) is 0 Å². The average molecular weight is 899 g/mol. The zero-order valence-electron chi connectivity index (χ0n) is 58.8. The Bertz CT molecular complexity index is 4050. The first kappa shape index (κ1) is 26.3. The smallest absolute Gasteiger partial charge is 0.149 e. The first-order valence-corrected chi connectivity index (χ1v) is 21.9. The standard InChI is InChI=1S/C63H63N3O/c1-39-21-22-45(31-40(39)2)46-29-30-64-55(36-46)49-34-47(42-17-14-13-15-18-42)33-48(35-49)52-19-16-20-57-58(52)65-60(53-37-51(62(7,8)9)38-54(59(53)67)63(10,11)12)66(57)56-28-25-44(32-41(56)3)43-23-26-50(27-24-43)61(4,5)6/h13-38,67H,1-12H3/i3D3,7D3,8D3,9D3,10D3,11D3,12D3. The fourth-order valence-corrected chi connectivity index (χ4v) is 8.55. The molecule has 336 valence electrons. The highest BCUT2D eigenvalue weighted by molar-refractivity contribution is 5.98. The summed E-state index contributed by atoms with van der Waals surface area (Å²) in [5.74, 6) is -2.14. The van der Waals surface area contributed by atoms with E-state index in [1.54, 1.807) is 24.4 Å². The molecule has 0 radical (unpaired) electrons. The second kappa shape index (κ2) is 17.0. The summed E-state index contributed by atoms with van der Waals surface area (Å²) in [6, 6.07) is 42.5. The molecular weight excluding hydrogens is 815 g/mol. The lowest BCUT2D eigenvalue weighted by molar-refractivity contribution is 0.446. The number of aromatic nitrogens is 3. The fraction of sp³-hybridized carbons (Fsp3) is 0.238. The van der Waals surface area contributed by atoms with E-state index in [-0.39, 0.29) is 33.8 Å². The lowest BCUT2D eigenvalue weighted by Crippen LogP contribution is -2.17. The van der Waals surface area contributed by atoms with Gasteiger partial charge in [0.1, 0.15) is 11.6 Å². The third kappa shape index (κ3) is 8.86. The van der Waals surface area contributed by atoms with Crippen molar-refractivity contribution in [2.45, 2.75) is 98.8 Å². The number of phenolic OH excluding ortho intramolecular Hbond substituents is 1. The molecule has 4 nitrogen and oxygen atoms in total. The van der Waals surface area contributed by atoms with Gasteiger partial charge in [-0.2, -0.15) is 0 Å². The van der Waals surface area contributed by atoms with Crippen molar-refractivity contribution >= 4 is 11.0 Å². The van der Waals surface area contributed by atoms with Crippen molar-refractivity contribution in [1.82, 2.24) is 14.5 Å². The van der Waals surface area contributed by atoms with E-state index in [1.807, 2.05) is 132 Å². The highest BCUT2D eigenvalue weighted by Crippen LogP contribution is 2.45. The van der Waals surface area contributed by atoms with Gasteiger partial charge in [-0.05, 0) is 158 Å². The summed E-state index contributed by atoms with van der Waals surface area (Å²) >= 11 is 0. The molecule has 0 amide bonds. The van der Waals surface area contributed by atoms with Crippen LogP contribution in [0.2, 0.25) is 0 Å². The molecule has 1 N–H and O–H groups in total. The molecule has 9 rings (SSSR count). The molecule has 0 aliphatic heterocycles. The van der Waals surface area contributed by atoms with Gasteiger partial charge in [-0.1, -0.05) is 159 Å². The number of hydrogen-bond donors (Lipinski definition) is 1. The average Bonchev–Trinajstić information content (AvgIpc) is 0.966. The number of fused-ring (bicyclic) bond motifs is 1. The van der Waals surface area contributed by atoms with Crippen LogP contribution in [0.5, 0.6) is 5.75 Å². The molecule has 0 atom stereocenters. The van der Waals surface area contributed by atoms with Gasteiger partial charge < -0.3 is 5.11 Å². The van der Waals surface area contributed by atoms with Crippen molar-refractivity contribution in [3.8, 4) is 78.6 Å². The maximum absolute atomic E-state index is 13.1. The number of phenols is 1. The number of nitrogens with zero attached hydrogens (tertiary/aromatic N) is 3. The van der Waals surface area contributed by atoms with Crippen LogP contribution in [0.25, 0.3) is 83.9 Å². The van der Waals surface area contributed by atoms with Gasteiger partial charge >= 0.3 is 0 Å². The summed E-state index contributed by atoms with van der Waals surface area (Å²) in [4.78, 5) is 9.90. The maximum atomic E-state index is 13.1. The molecule has 2 heterocycles. The molecule has 4 heteroatoms. The maximum Gasteiger partial charge on any atom is 0.149 e. The summed E-state index contributed by atoms with van der Waals surface area (Å²) in [5, 5.41) is 13.1. The zero-order valence-corrected chi connectivity index (χ0v) is 37.8. The van der Waals surface area contributed by atoms with Crippen molar-refractivity contribution < 1.29 is 33.9 Å². The van der Waals surface area contributed by atoms with Gasteiger partial charge in [0.15, 0.2) is 0 Å². The van der Waals surface area contributed by atoms with Gasteiger partial charge in [-0.15, -0.1) is 0 Å². The minimum Gasteiger partial charge on any atom is -0.507 e. The van der Waals surface area contributed by atoms with Crippen LogP contribution in [-0.4, -0.2) is 19.6 Å². The van der Waals surface area contributed by atoms with E-state index in [9.17, 15) is 5.11 Å². The summed E-state index contributed by atoms with van der Waals surface area (Å²) < 4.78 is 187. The van der Waals surface area contributed by atoms with Crippen LogP contribution < -0.4 is 0 Å². The summed E-state index contributed by atoms with van der Waals surface area (Å²) in [5.41, 5.74) is -3.54. The van der Waals surface area contributed by atoms with Crippen molar-refractivity contribution in [3.63, 3.8) is 0 Å². The Morgan fingerprint density at radius 3 is 1.87 bits per heavy atom. The molecule has 0 saturated carbocycles. The van der Waals surface area contributed by atoms with E-state index in [2.05, 4.69) is 6.07 Å². The number of hydrogen-bond acceptors (Lipinski definition) is 3. The number of benzene rings is 7. The number of aryl methyl sites for hydroxylation is 3. The SMILES string of the molecule is [2H]C([2H])([2H])c1cc(-c2ccc(C(C)(C)C)cc2)ccc1-n1c(-c2cc(C(C([2H])([2H])[2H])(C([2H])([2H])[2H])C([2H])([2H])[2H])cc(C(C([2H])([2H])[2H])(C([2H])([2H])[2H])C([2H])([2H])[2H])c2O)nc2c(-c3cc(-c4ccccc4)cc(-c4cc(-c5ccc(C)c(C)c5)ccn4)c3)cccc21. The molecule has 0 aliphatic rings. The van der Waals surface area contributed by atoms with Crippen LogP contribution in [0.4, 0.5) is 0 Å². The summed E-state index contributed by atoms with van der Waals surface area (Å²) in [6.45, 7) is -17.9. The molecule has 0 fully saturated rings. The largest absolute Gasteiger partial charge is 0.507 e. The third-order valence-electron chi connectivity index (χ3n) is 12.4. The van der Waals surface area contributed by atoms with Crippen molar-refractivity contribution in [3.05, 3.63) is 191 Å². The van der Waals surface area contributed by atoms with Crippen LogP contribution >= 0.6 is 0 Å². The Morgan fingerprint density at radius 2 is 1.15 bits per heavy atom. The molecular formula is C63H63N3O. The van der Waals surface area contributed by atoms with E-state index >= 15 is 0 Å². The van der Waals surface area contributed by atoms with Crippen LogP contribution in [0, 0.1) is 20.7 Å². The van der Waals surface area contributed by atoms with Gasteiger partial charge in [0.25, 0.3) is 0 Å². The van der Waals surface area contributed by atoms with E-state index in [4.69, 9.17) is 38.8 Å². The topological polar surface area (TPSA) is 50.9 Å². The first-order chi connectivity index (χ1) is 40.5. The Hall–Kier alpha value is -7.04. The van der Waals surface area contributed by atoms with E-state index in [0.29, 0.717) is 45.1 Å². The Kier molecular flexibility index (Phi) is 6.68. The van der Waals surface area contributed by atoms with Crippen LogP contribution in [0.15, 0.2) is 158 Å². The molecule has 0 unspecified atom stereocenters. The second-order valence-electron chi connectivity index (χ2n) is 18.3. The molecule has 7 aromatic carbocycles. The molecule has 0 saturated heterocycles. The molecule has 0 bridgehead atoms. The van der Waals surface area contributed by atoms with E-state index in [0.717, 1.165) is 33.4 Å². The summed E-state index contributed by atoms with van der Waals surface area (Å²) in [6.07, 6.45) is 1.69. The monoisotopic (exact) mass is 899 g/mol. The van der Waals surface area contributed by atoms with Crippen molar-refractivity contribution in [2.24, 2.45) is 0 Å². The fourth-order valence-electron chi connectivity index (χ4n) is 8.55. The van der Waals surface area contributed by atoms with Crippen molar-refractivity contribution in [1.29, 1.82) is 0 Å². The first-order valence-electron chi connectivity index (χ1n) is 32.4. The van der Waals surface area contributed by atoms with Crippen LogP contribution in [-0.2, 0) is 16.2 Å². The van der Waals surface area contributed by atoms with Crippen LogP contribution in [0.1, 0.15) is 124 Å². The number of rotatable bonds is 7. The minimum atomic E-state index is -4.24. The highest BCUT2D eigenvalue weighted by Gasteiger charge is 2.29. The minimum absolute atomic E-state index is 0.00218. The predicted octanol–water partition coefficient (Wildman–Crippen LogP) is 16.9. The zero-order chi connectivity index (χ0) is 65.1. The van der Waals surface area contributed by atoms with Crippen LogP contribution in [0.3, 0.4) is 0 Å². The predicted molar refractivity (Wildman–Crippen MR) is 283 cm³/mol. The second-order valence-corrected chi connectivity index (χ2v) is 18.3. The Morgan fingerprint density at radius 1 is 0.493 bits per heavy atom. The molecule has 2 aromatic heterocycles. The quantitative estimate of drug-likeness (QED) is 0.173. The van der Waals surface area contributed by atoms with Gasteiger partial charge in [0, 0.05) is 51.7 Å². The lowest BCUT2D eigenvalue weighted by Gasteiger charge is -2.27. The van der Waals surface area contributed by atoms with E-state index in [1.165, 1.54) is 22.8 Å². The number of para-hydroxylation sites is 1. The van der Waals surface area contributed by atoms with E-state index < -0.39 is 87.1 Å². The highest BCUT2D eigenvalue weighted by atomic mass is 16.3. The summed E-state index contributed by atoms with van der Waals surface area (Å²) in [7, 11) is 0. The third-order valence-corrected chi connectivity index (χ3v) is 12.4. The Labute approximate surface area is 427 Å². The van der Waals surface area contributed by atoms with Gasteiger partial charge in [0.05, 0.1) is 28.0 Å². The van der Waals surface area contributed by atoms with Crippen molar-refractivity contribution in [2.75, 3.05) is 0 Å². The molecule has 0 aliphatic carbocycles. The normalized spacial score (nSPS) is 18.2. The molecule has 9 aromatic rings. The Balaban J connectivity index is 1.48.